The molecule has 3 unspecified atom stereocenters. The second kappa shape index (κ2) is 75.0. The van der Waals surface area contributed by atoms with E-state index in [2.05, 4.69) is 65.8 Å². The summed E-state index contributed by atoms with van der Waals surface area (Å²) in [5.41, 5.74) is 0. The molecule has 0 bridgehead atoms. The van der Waals surface area contributed by atoms with Crippen molar-refractivity contribution >= 4 is 39.5 Å². The van der Waals surface area contributed by atoms with Crippen LogP contribution in [0.25, 0.3) is 0 Å². The highest BCUT2D eigenvalue weighted by molar-refractivity contribution is 7.47. The van der Waals surface area contributed by atoms with Gasteiger partial charge in [-0.25, -0.2) is 9.13 Å². The van der Waals surface area contributed by atoms with Gasteiger partial charge in [0.15, 0.2) is 12.2 Å². The molecule has 0 aliphatic rings. The standard InChI is InChI=1S/C84H160O17P2/c1-7-10-12-14-16-18-20-21-24-32-38-44-50-56-62-68-83(88)100-79(72-94-81(86)66-60-54-48-42-34-19-17-15-13-11-8-2)74-98-102(90,91)96-70-78(85)71-97-103(92,93)99-75-80(73-95-82(87)67-61-55-49-43-37-31-28-27-30-36-41-47-53-59-65-77(6)9-3)101-84(89)69-63-57-51-45-39-33-26-23-22-25-29-35-40-46-52-58-64-76(4)5/h18,20-21,24,76-80,85H,7-17,19,22-23,25-75H2,1-6H3,(H,90,91)(H,92,93)/b20-18-,24-21-/t77?,78-,79+,80+/m0/s1. The number of hydrogen-bond donors (Lipinski definition) is 3. The number of esters is 4. The van der Waals surface area contributed by atoms with Crippen LogP contribution >= 0.6 is 15.6 Å². The SMILES string of the molecule is CCCCCC/C=C\C=C/CCCCCCCC(=O)O[C@H](COC(=O)CCCCCCCCCCCCC)COP(=O)(O)OC[C@H](O)COP(=O)(O)OC[C@@H](COC(=O)CCCCCCCCCCCCCCCCC(C)CC)OC(=O)CCCCCCCCCCCCCCCCCCC(C)C. The van der Waals surface area contributed by atoms with Crippen LogP contribution in [0.1, 0.15) is 420 Å². The number of allylic oxidation sites excluding steroid dienone is 4. The zero-order chi connectivity index (χ0) is 75.6. The Labute approximate surface area is 631 Å². The van der Waals surface area contributed by atoms with E-state index in [9.17, 15) is 43.2 Å². The van der Waals surface area contributed by atoms with Crippen LogP contribution in [0, 0.1) is 11.8 Å². The molecule has 0 heterocycles. The molecule has 0 saturated carbocycles. The average molecular weight is 1500 g/mol. The highest BCUT2D eigenvalue weighted by atomic mass is 31.2. The van der Waals surface area contributed by atoms with Crippen LogP contribution in [-0.4, -0.2) is 96.7 Å². The lowest BCUT2D eigenvalue weighted by Crippen LogP contribution is -2.30. The third kappa shape index (κ3) is 76.1. The fourth-order valence-corrected chi connectivity index (χ4v) is 14.1. The Bertz CT molecular complexity index is 2070. The summed E-state index contributed by atoms with van der Waals surface area (Å²) in [4.78, 5) is 73.1. The van der Waals surface area contributed by atoms with Gasteiger partial charge in [-0.2, -0.15) is 0 Å². The van der Waals surface area contributed by atoms with Crippen LogP contribution in [-0.2, 0) is 65.4 Å². The van der Waals surface area contributed by atoms with Crippen LogP contribution in [0.15, 0.2) is 24.3 Å². The van der Waals surface area contributed by atoms with Crippen molar-refractivity contribution in [1.82, 2.24) is 0 Å². The lowest BCUT2D eigenvalue weighted by atomic mass is 9.99. The number of unbranched alkanes of at least 4 members (excludes halogenated alkanes) is 47. The van der Waals surface area contributed by atoms with Crippen LogP contribution in [0.4, 0.5) is 0 Å². The van der Waals surface area contributed by atoms with Crippen molar-refractivity contribution in [3.05, 3.63) is 24.3 Å². The third-order valence-electron chi connectivity index (χ3n) is 19.4. The quantitative estimate of drug-likeness (QED) is 0.0169. The van der Waals surface area contributed by atoms with Gasteiger partial charge in [-0.1, -0.05) is 368 Å². The van der Waals surface area contributed by atoms with Crippen LogP contribution < -0.4 is 0 Å². The molecule has 0 aliphatic carbocycles. The Balaban J connectivity index is 5.28. The number of ether oxygens (including phenoxy) is 4. The van der Waals surface area contributed by atoms with Gasteiger partial charge >= 0.3 is 39.5 Å². The van der Waals surface area contributed by atoms with Gasteiger partial charge in [-0.15, -0.1) is 0 Å². The number of carbonyl (C=O) groups excluding carboxylic acids is 4. The largest absolute Gasteiger partial charge is 0.472 e. The maximum Gasteiger partial charge on any atom is 0.472 e. The van der Waals surface area contributed by atoms with E-state index in [1.165, 1.54) is 225 Å². The van der Waals surface area contributed by atoms with E-state index in [1.807, 2.05) is 0 Å². The highest BCUT2D eigenvalue weighted by Gasteiger charge is 2.30. The molecular formula is C84H160O17P2. The van der Waals surface area contributed by atoms with E-state index < -0.39 is 97.5 Å². The second-order valence-corrected chi connectivity index (χ2v) is 33.2. The molecule has 0 aromatic carbocycles. The summed E-state index contributed by atoms with van der Waals surface area (Å²) >= 11 is 0. The van der Waals surface area contributed by atoms with Crippen molar-refractivity contribution in [3.63, 3.8) is 0 Å². The van der Waals surface area contributed by atoms with Crippen LogP contribution in [0.2, 0.25) is 0 Å². The topological polar surface area (TPSA) is 237 Å². The van der Waals surface area contributed by atoms with Crippen molar-refractivity contribution in [2.75, 3.05) is 39.6 Å². The molecule has 0 radical (unpaired) electrons. The highest BCUT2D eigenvalue weighted by Crippen LogP contribution is 2.45. The number of carbonyl (C=O) groups is 4. The number of aliphatic hydroxyl groups excluding tert-OH is 1. The molecule has 0 rings (SSSR count). The number of rotatable bonds is 81. The van der Waals surface area contributed by atoms with Gasteiger partial charge in [-0.3, -0.25) is 37.3 Å². The summed E-state index contributed by atoms with van der Waals surface area (Å²) in [6.07, 6.45) is 68.6. The van der Waals surface area contributed by atoms with E-state index in [4.69, 9.17) is 37.0 Å². The molecule has 19 heteroatoms. The van der Waals surface area contributed by atoms with Crippen molar-refractivity contribution < 1.29 is 80.2 Å². The van der Waals surface area contributed by atoms with E-state index in [1.54, 1.807) is 0 Å². The molecule has 0 aromatic heterocycles. The molecule has 0 aromatic rings. The summed E-state index contributed by atoms with van der Waals surface area (Å²) in [6, 6.07) is 0. The minimum Gasteiger partial charge on any atom is -0.462 e. The molecule has 0 saturated heterocycles. The zero-order valence-electron chi connectivity index (χ0n) is 67.1. The molecule has 3 N–H and O–H groups in total. The number of phosphoric acid groups is 2. The number of phosphoric ester groups is 2. The van der Waals surface area contributed by atoms with E-state index >= 15 is 0 Å². The van der Waals surface area contributed by atoms with Crippen molar-refractivity contribution in [1.29, 1.82) is 0 Å². The lowest BCUT2D eigenvalue weighted by molar-refractivity contribution is -0.161. The smallest absolute Gasteiger partial charge is 0.462 e. The number of aliphatic hydroxyl groups is 1. The van der Waals surface area contributed by atoms with Crippen LogP contribution in [0.3, 0.4) is 0 Å². The van der Waals surface area contributed by atoms with Crippen molar-refractivity contribution in [2.24, 2.45) is 11.8 Å². The predicted molar refractivity (Wildman–Crippen MR) is 423 cm³/mol. The van der Waals surface area contributed by atoms with Gasteiger partial charge in [0.1, 0.15) is 19.3 Å². The fourth-order valence-electron chi connectivity index (χ4n) is 12.5. The Morgan fingerprint density at radius 1 is 0.320 bits per heavy atom. The first-order valence-electron chi connectivity index (χ1n) is 42.8. The first-order chi connectivity index (χ1) is 49.9. The van der Waals surface area contributed by atoms with Gasteiger partial charge in [0.25, 0.3) is 0 Å². The lowest BCUT2D eigenvalue weighted by Gasteiger charge is -2.21. The average Bonchev–Trinajstić information content (AvgIpc) is 0.976. The normalized spacial score (nSPS) is 14.3. The Kier molecular flexibility index (Phi) is 73.2. The van der Waals surface area contributed by atoms with E-state index in [-0.39, 0.29) is 25.7 Å². The van der Waals surface area contributed by atoms with Gasteiger partial charge < -0.3 is 33.8 Å². The molecule has 103 heavy (non-hydrogen) atoms. The fraction of sp³-hybridized carbons (Fsp3) is 0.905. The molecule has 0 amide bonds. The number of hydrogen-bond acceptors (Lipinski definition) is 15. The Morgan fingerprint density at radius 3 is 0.874 bits per heavy atom. The summed E-state index contributed by atoms with van der Waals surface area (Å²) in [6.45, 7) is 9.67. The molecule has 17 nitrogen and oxygen atoms in total. The molecular weight excluding hydrogens is 1340 g/mol. The Morgan fingerprint density at radius 2 is 0.573 bits per heavy atom. The third-order valence-corrected chi connectivity index (χ3v) is 21.3. The van der Waals surface area contributed by atoms with Crippen molar-refractivity contribution in [2.45, 2.75) is 439 Å². The first kappa shape index (κ1) is 101. The summed E-state index contributed by atoms with van der Waals surface area (Å²) in [5.74, 6) is -0.477. The maximum absolute atomic E-state index is 13.1. The second-order valence-electron chi connectivity index (χ2n) is 30.3. The summed E-state index contributed by atoms with van der Waals surface area (Å²) < 4.78 is 68.8. The summed E-state index contributed by atoms with van der Waals surface area (Å²) in [5, 5.41) is 10.7. The van der Waals surface area contributed by atoms with E-state index in [0.29, 0.717) is 25.7 Å². The maximum atomic E-state index is 13.1. The molecule has 0 aliphatic heterocycles. The summed E-state index contributed by atoms with van der Waals surface area (Å²) in [7, 11) is -9.94. The molecule has 6 atom stereocenters. The molecule has 0 fully saturated rings. The monoisotopic (exact) mass is 1500 g/mol. The van der Waals surface area contributed by atoms with Crippen LogP contribution in [0.5, 0.6) is 0 Å². The Hall–Kier alpha value is -2.46. The zero-order valence-corrected chi connectivity index (χ0v) is 68.9. The molecule has 0 spiro atoms. The van der Waals surface area contributed by atoms with Gasteiger partial charge in [0.05, 0.1) is 26.4 Å². The van der Waals surface area contributed by atoms with Gasteiger partial charge in [0.2, 0.25) is 0 Å². The van der Waals surface area contributed by atoms with Crippen molar-refractivity contribution in [3.8, 4) is 0 Å². The van der Waals surface area contributed by atoms with Gasteiger partial charge in [-0.05, 0) is 63.2 Å². The predicted octanol–water partition coefficient (Wildman–Crippen LogP) is 25.0. The van der Waals surface area contributed by atoms with E-state index in [0.717, 1.165) is 115 Å². The van der Waals surface area contributed by atoms with Gasteiger partial charge in [0, 0.05) is 25.7 Å². The minimum atomic E-state index is -4.97. The molecule has 608 valence electrons. The first-order valence-corrected chi connectivity index (χ1v) is 45.8. The minimum absolute atomic E-state index is 0.0855.